The highest BCUT2D eigenvalue weighted by Gasteiger charge is 2.16. The molecular formula is C15H19N7. The number of hydrogen-bond acceptors (Lipinski definition) is 5. The largest absolute Gasteiger partial charge is 0.383 e. The van der Waals surface area contributed by atoms with Gasteiger partial charge in [-0.1, -0.05) is 0 Å². The molecule has 0 fully saturated rings. The molecular weight excluding hydrogens is 278 g/mol. The van der Waals surface area contributed by atoms with Crippen molar-refractivity contribution in [3.63, 3.8) is 0 Å². The van der Waals surface area contributed by atoms with E-state index in [1.807, 2.05) is 38.5 Å². The van der Waals surface area contributed by atoms with Crippen LogP contribution in [0.5, 0.6) is 0 Å². The molecule has 3 aromatic rings. The van der Waals surface area contributed by atoms with Crippen LogP contribution in [0.15, 0.2) is 30.7 Å². The second kappa shape index (κ2) is 5.97. The van der Waals surface area contributed by atoms with Gasteiger partial charge in [-0.3, -0.25) is 9.67 Å². The van der Waals surface area contributed by atoms with E-state index in [-0.39, 0.29) is 0 Å². The Labute approximate surface area is 128 Å². The molecule has 22 heavy (non-hydrogen) atoms. The van der Waals surface area contributed by atoms with Gasteiger partial charge in [0.15, 0.2) is 5.82 Å². The monoisotopic (exact) mass is 297 g/mol. The number of nitrogen functional groups attached to an aromatic ring is 1. The Morgan fingerprint density at radius 3 is 2.64 bits per heavy atom. The van der Waals surface area contributed by atoms with Crippen LogP contribution in [-0.4, -0.2) is 29.5 Å². The number of hydrogen-bond donors (Lipinski definition) is 1. The van der Waals surface area contributed by atoms with Gasteiger partial charge in [0.2, 0.25) is 0 Å². The number of nitrogens with zero attached hydrogens (tertiary/aromatic N) is 6. The predicted molar refractivity (Wildman–Crippen MR) is 83.9 cm³/mol. The van der Waals surface area contributed by atoms with Gasteiger partial charge < -0.3 is 10.3 Å². The number of pyridine rings is 1. The lowest BCUT2D eigenvalue weighted by Crippen LogP contribution is -2.05. The molecule has 0 radical (unpaired) electrons. The van der Waals surface area contributed by atoms with Crippen molar-refractivity contribution >= 4 is 5.82 Å². The first-order valence-corrected chi connectivity index (χ1v) is 7.23. The summed E-state index contributed by atoms with van der Waals surface area (Å²) in [5.41, 5.74) is 8.15. The van der Waals surface area contributed by atoms with Crippen LogP contribution < -0.4 is 5.73 Å². The van der Waals surface area contributed by atoms with Crippen LogP contribution in [0.1, 0.15) is 17.8 Å². The zero-order valence-corrected chi connectivity index (χ0v) is 12.8. The lowest BCUT2D eigenvalue weighted by atomic mass is 10.1. The van der Waals surface area contributed by atoms with Crippen LogP contribution in [0.3, 0.4) is 0 Å². The van der Waals surface area contributed by atoms with Gasteiger partial charge >= 0.3 is 0 Å². The second-order valence-corrected chi connectivity index (χ2v) is 5.25. The SMILES string of the molecule is Cc1nnc(-c2cnn(C)c2N)n1CCCc1ccncc1. The van der Waals surface area contributed by atoms with Crippen molar-refractivity contribution in [2.75, 3.05) is 5.73 Å². The van der Waals surface area contributed by atoms with Crippen LogP contribution in [0.2, 0.25) is 0 Å². The summed E-state index contributed by atoms with van der Waals surface area (Å²) in [4.78, 5) is 4.03. The maximum atomic E-state index is 6.04. The molecule has 3 heterocycles. The molecule has 0 saturated heterocycles. The molecule has 0 saturated carbocycles. The Bertz CT molecular complexity index is 758. The smallest absolute Gasteiger partial charge is 0.169 e. The third-order valence-electron chi connectivity index (χ3n) is 3.76. The molecule has 3 rings (SSSR count). The minimum Gasteiger partial charge on any atom is -0.383 e. The van der Waals surface area contributed by atoms with Gasteiger partial charge in [0, 0.05) is 26.0 Å². The summed E-state index contributed by atoms with van der Waals surface area (Å²) in [6, 6.07) is 4.08. The summed E-state index contributed by atoms with van der Waals surface area (Å²) in [7, 11) is 1.82. The number of aryl methyl sites for hydroxylation is 3. The maximum absolute atomic E-state index is 6.04. The van der Waals surface area contributed by atoms with Crippen LogP contribution in [0.4, 0.5) is 5.82 Å². The highest BCUT2D eigenvalue weighted by molar-refractivity contribution is 5.68. The number of anilines is 1. The molecule has 0 aliphatic heterocycles. The van der Waals surface area contributed by atoms with E-state index in [0.717, 1.165) is 36.6 Å². The molecule has 0 amide bonds. The highest BCUT2D eigenvalue weighted by atomic mass is 15.3. The topological polar surface area (TPSA) is 87.4 Å². The summed E-state index contributed by atoms with van der Waals surface area (Å²) in [6.07, 6.45) is 7.36. The van der Waals surface area contributed by atoms with Crippen molar-refractivity contribution in [2.24, 2.45) is 7.05 Å². The van der Waals surface area contributed by atoms with Crippen LogP contribution in [0.25, 0.3) is 11.4 Å². The van der Waals surface area contributed by atoms with Crippen molar-refractivity contribution in [1.82, 2.24) is 29.5 Å². The van der Waals surface area contributed by atoms with E-state index in [1.54, 1.807) is 10.9 Å². The van der Waals surface area contributed by atoms with Crippen LogP contribution in [0, 0.1) is 6.92 Å². The van der Waals surface area contributed by atoms with E-state index >= 15 is 0 Å². The molecule has 114 valence electrons. The van der Waals surface area contributed by atoms with E-state index < -0.39 is 0 Å². The Hall–Kier alpha value is -2.70. The third-order valence-corrected chi connectivity index (χ3v) is 3.76. The van der Waals surface area contributed by atoms with Gasteiger partial charge in [0.1, 0.15) is 11.6 Å². The van der Waals surface area contributed by atoms with Gasteiger partial charge in [-0.2, -0.15) is 5.10 Å². The normalized spacial score (nSPS) is 11.0. The minimum absolute atomic E-state index is 0.600. The molecule has 0 atom stereocenters. The van der Waals surface area contributed by atoms with Gasteiger partial charge in [-0.15, -0.1) is 10.2 Å². The third kappa shape index (κ3) is 2.69. The fourth-order valence-electron chi connectivity index (χ4n) is 2.46. The van der Waals surface area contributed by atoms with Crippen molar-refractivity contribution in [2.45, 2.75) is 26.3 Å². The molecule has 0 aliphatic rings. The average molecular weight is 297 g/mol. The molecule has 7 nitrogen and oxygen atoms in total. The molecule has 0 aromatic carbocycles. The Balaban J connectivity index is 1.77. The predicted octanol–water partition coefficient (Wildman–Crippen LogP) is 1.60. The molecule has 0 spiro atoms. The summed E-state index contributed by atoms with van der Waals surface area (Å²) in [5.74, 6) is 2.26. The number of aromatic nitrogens is 6. The second-order valence-electron chi connectivity index (χ2n) is 5.25. The minimum atomic E-state index is 0.600. The number of rotatable bonds is 5. The first kappa shape index (κ1) is 14.2. The summed E-state index contributed by atoms with van der Waals surface area (Å²) in [5, 5.41) is 12.6. The first-order chi connectivity index (χ1) is 10.7. The van der Waals surface area contributed by atoms with Gasteiger partial charge in [-0.05, 0) is 37.5 Å². The lowest BCUT2D eigenvalue weighted by Gasteiger charge is -2.08. The van der Waals surface area contributed by atoms with Crippen molar-refractivity contribution in [3.05, 3.63) is 42.1 Å². The van der Waals surface area contributed by atoms with E-state index in [9.17, 15) is 0 Å². The summed E-state index contributed by atoms with van der Waals surface area (Å²) in [6.45, 7) is 2.79. The van der Waals surface area contributed by atoms with Crippen molar-refractivity contribution in [3.8, 4) is 11.4 Å². The van der Waals surface area contributed by atoms with E-state index in [0.29, 0.717) is 5.82 Å². The summed E-state index contributed by atoms with van der Waals surface area (Å²) >= 11 is 0. The first-order valence-electron chi connectivity index (χ1n) is 7.23. The molecule has 3 aromatic heterocycles. The molecule has 2 N–H and O–H groups in total. The fourth-order valence-corrected chi connectivity index (χ4v) is 2.46. The lowest BCUT2D eigenvalue weighted by molar-refractivity contribution is 0.630. The highest BCUT2D eigenvalue weighted by Crippen LogP contribution is 2.24. The van der Waals surface area contributed by atoms with Crippen LogP contribution >= 0.6 is 0 Å². The van der Waals surface area contributed by atoms with E-state index in [4.69, 9.17) is 5.73 Å². The number of nitrogens with two attached hydrogens (primary N) is 1. The standard InChI is InChI=1S/C15H19N7/c1-11-19-20-15(13-10-18-21(2)14(13)16)22(11)9-3-4-12-5-7-17-8-6-12/h5-8,10H,3-4,9,16H2,1-2H3. The van der Waals surface area contributed by atoms with Gasteiger partial charge in [-0.25, -0.2) is 0 Å². The Morgan fingerprint density at radius 2 is 1.95 bits per heavy atom. The summed E-state index contributed by atoms with van der Waals surface area (Å²) < 4.78 is 3.73. The van der Waals surface area contributed by atoms with Crippen molar-refractivity contribution < 1.29 is 0 Å². The molecule has 0 bridgehead atoms. The zero-order chi connectivity index (χ0) is 15.5. The molecule has 7 heteroatoms. The van der Waals surface area contributed by atoms with E-state index in [2.05, 4.69) is 24.8 Å². The Morgan fingerprint density at radius 1 is 1.18 bits per heavy atom. The van der Waals surface area contributed by atoms with Crippen molar-refractivity contribution in [1.29, 1.82) is 0 Å². The van der Waals surface area contributed by atoms with Gasteiger partial charge in [0.05, 0.1) is 11.8 Å². The molecule has 0 aliphatic carbocycles. The maximum Gasteiger partial charge on any atom is 0.169 e. The zero-order valence-electron chi connectivity index (χ0n) is 12.8. The quantitative estimate of drug-likeness (QED) is 0.773. The molecule has 0 unspecified atom stereocenters. The fraction of sp³-hybridized carbons (Fsp3) is 0.333. The Kier molecular flexibility index (Phi) is 3.86. The van der Waals surface area contributed by atoms with Gasteiger partial charge in [0.25, 0.3) is 0 Å². The van der Waals surface area contributed by atoms with E-state index in [1.165, 1.54) is 5.56 Å². The van der Waals surface area contributed by atoms with Crippen LogP contribution in [-0.2, 0) is 20.0 Å². The average Bonchev–Trinajstić information content (AvgIpc) is 3.05.